The van der Waals surface area contributed by atoms with Crippen molar-refractivity contribution >= 4 is 47.9 Å². The van der Waals surface area contributed by atoms with E-state index in [9.17, 15) is 5.11 Å². The Morgan fingerprint density at radius 2 is 1.79 bits per heavy atom. The Morgan fingerprint density at radius 1 is 1.11 bits per heavy atom. The molecule has 0 amide bonds. The van der Waals surface area contributed by atoms with E-state index in [-0.39, 0.29) is 27.5 Å². The Hall–Kier alpha value is -0.430. The van der Waals surface area contributed by atoms with Crippen LogP contribution in [0.4, 0.5) is 0 Å². The normalized spacial score (nSPS) is 11.6. The fraction of sp³-hybridized carbons (Fsp3) is 0.0667. The maximum absolute atomic E-state index is 9.43. The van der Waals surface area contributed by atoms with Gasteiger partial charge in [-0.15, -0.1) is 0 Å². The van der Waals surface area contributed by atoms with Gasteiger partial charge in [-0.2, -0.15) is 0 Å². The van der Waals surface area contributed by atoms with Crippen molar-refractivity contribution in [2.24, 2.45) is 0 Å². The van der Waals surface area contributed by atoms with Gasteiger partial charge in [-0.3, -0.25) is 0 Å². The molecule has 0 saturated carbocycles. The fourth-order valence-electron chi connectivity index (χ4n) is 1.38. The van der Waals surface area contributed by atoms with Crippen molar-refractivity contribution in [1.29, 1.82) is 0 Å². The second-order valence-electron chi connectivity index (χ2n) is 3.73. The van der Waals surface area contributed by atoms with Crippen molar-refractivity contribution in [3.05, 3.63) is 68.6 Å². The minimum absolute atomic E-state index is 0.0882. The number of aliphatic hydroxyl groups excluding tert-OH is 1. The molecule has 1 N–H and O–H groups in total. The molecule has 0 aliphatic heterocycles. The fourth-order valence-corrected chi connectivity index (χ4v) is 4.80. The zero-order valence-corrected chi connectivity index (χ0v) is 14.0. The Morgan fingerprint density at radius 3 is 2.42 bits per heavy atom. The Labute approximate surface area is 132 Å². The van der Waals surface area contributed by atoms with E-state index in [2.05, 4.69) is 28.4 Å². The molecule has 0 bridgehead atoms. The first-order valence-corrected chi connectivity index (χ1v) is 9.43. The molecule has 0 heterocycles. The van der Waals surface area contributed by atoms with Crippen LogP contribution < -0.4 is 3.61 Å². The maximum atomic E-state index is 9.43. The van der Waals surface area contributed by atoms with Crippen LogP contribution >= 0.6 is 23.4 Å². The molecule has 0 aliphatic rings. The average Bonchev–Trinajstić information content (AvgIpc) is 2.46. The molecule has 19 heavy (non-hydrogen) atoms. The third-order valence-electron chi connectivity index (χ3n) is 2.29. The number of rotatable bonds is 5. The van der Waals surface area contributed by atoms with Crippen molar-refractivity contribution in [3.63, 3.8) is 0 Å². The summed E-state index contributed by atoms with van der Waals surface area (Å²) in [5.74, 6) is 0. The second-order valence-corrected chi connectivity index (χ2v) is 8.06. The van der Waals surface area contributed by atoms with Gasteiger partial charge in [0.1, 0.15) is 0 Å². The van der Waals surface area contributed by atoms with Crippen LogP contribution in [0.2, 0.25) is 5.02 Å². The van der Waals surface area contributed by atoms with Crippen molar-refractivity contribution in [2.45, 2.75) is 4.90 Å². The first-order chi connectivity index (χ1) is 9.28. The molecule has 0 atom stereocenters. The van der Waals surface area contributed by atoms with Gasteiger partial charge in [0, 0.05) is 0 Å². The summed E-state index contributed by atoms with van der Waals surface area (Å²) in [5, 5.41) is 10.2. The molecule has 4 heteroatoms. The van der Waals surface area contributed by atoms with Crippen LogP contribution in [-0.4, -0.2) is 32.6 Å². The van der Waals surface area contributed by atoms with Crippen molar-refractivity contribution in [3.8, 4) is 0 Å². The predicted octanol–water partition coefficient (Wildman–Crippen LogP) is 3.30. The van der Waals surface area contributed by atoms with E-state index in [4.69, 9.17) is 11.6 Å². The SMILES string of the molecule is OC/C(=C/[Te]c1ccccc1)Sc1ccc(Cl)cc1. The van der Waals surface area contributed by atoms with Gasteiger partial charge < -0.3 is 0 Å². The van der Waals surface area contributed by atoms with Gasteiger partial charge >= 0.3 is 133 Å². The molecule has 2 aromatic rings. The molecule has 2 aromatic carbocycles. The van der Waals surface area contributed by atoms with Crippen LogP contribution in [0.5, 0.6) is 0 Å². The van der Waals surface area contributed by atoms with E-state index >= 15 is 0 Å². The van der Waals surface area contributed by atoms with Crippen LogP contribution in [-0.2, 0) is 0 Å². The van der Waals surface area contributed by atoms with E-state index in [0.29, 0.717) is 0 Å². The summed E-state index contributed by atoms with van der Waals surface area (Å²) < 4.78 is 3.56. The molecule has 0 saturated heterocycles. The van der Waals surface area contributed by atoms with Crippen molar-refractivity contribution < 1.29 is 5.11 Å². The number of hydrogen-bond donors (Lipinski definition) is 1. The average molecular weight is 404 g/mol. The standard InChI is InChI=1S/C15H13ClOSTe/c16-12-6-8-13(9-7-12)18-14(10-17)11-19-15-4-2-1-3-5-15/h1-9,11,17H,10H2/b14-11-. The van der Waals surface area contributed by atoms with Crippen molar-refractivity contribution in [1.82, 2.24) is 0 Å². The monoisotopic (exact) mass is 406 g/mol. The molecule has 0 fully saturated rings. The van der Waals surface area contributed by atoms with E-state index in [1.165, 1.54) is 3.61 Å². The third kappa shape index (κ3) is 5.22. The van der Waals surface area contributed by atoms with Gasteiger partial charge in [0.05, 0.1) is 0 Å². The Balaban J connectivity index is 2.01. The molecular formula is C15H13ClOSTe. The van der Waals surface area contributed by atoms with Gasteiger partial charge in [-0.1, -0.05) is 0 Å². The minimum atomic E-state index is -0.380. The molecular weight excluding hydrogens is 391 g/mol. The van der Waals surface area contributed by atoms with Gasteiger partial charge in [0.2, 0.25) is 0 Å². The molecule has 0 unspecified atom stereocenters. The summed E-state index contributed by atoms with van der Waals surface area (Å²) in [6.07, 6.45) is 0. The first kappa shape index (κ1) is 15.0. The zero-order chi connectivity index (χ0) is 13.5. The summed E-state index contributed by atoms with van der Waals surface area (Å²) in [4.78, 5) is 2.11. The van der Waals surface area contributed by atoms with Crippen LogP contribution in [0.1, 0.15) is 0 Å². The van der Waals surface area contributed by atoms with Gasteiger partial charge in [0.25, 0.3) is 0 Å². The summed E-state index contributed by atoms with van der Waals surface area (Å²) >= 11 is 7.08. The zero-order valence-electron chi connectivity index (χ0n) is 10.1. The van der Waals surface area contributed by atoms with Gasteiger partial charge in [0.15, 0.2) is 0 Å². The van der Waals surface area contributed by atoms with E-state index < -0.39 is 0 Å². The van der Waals surface area contributed by atoms with Crippen LogP contribution in [0.15, 0.2) is 68.5 Å². The summed E-state index contributed by atoms with van der Waals surface area (Å²) in [6, 6.07) is 18.1. The topological polar surface area (TPSA) is 20.2 Å². The number of halogens is 1. The van der Waals surface area contributed by atoms with E-state index in [1.807, 2.05) is 30.3 Å². The molecule has 1 nitrogen and oxygen atoms in total. The molecule has 0 radical (unpaired) electrons. The summed E-state index contributed by atoms with van der Waals surface area (Å²) in [7, 11) is 0. The van der Waals surface area contributed by atoms with Crippen LogP contribution in [0.25, 0.3) is 0 Å². The van der Waals surface area contributed by atoms with Crippen LogP contribution in [0.3, 0.4) is 0 Å². The van der Waals surface area contributed by atoms with E-state index in [0.717, 1.165) is 14.8 Å². The number of aliphatic hydroxyl groups is 1. The summed E-state index contributed by atoms with van der Waals surface area (Å²) in [5.41, 5.74) is 0. The summed E-state index contributed by atoms with van der Waals surface area (Å²) in [6.45, 7) is 0.0882. The molecule has 0 aliphatic carbocycles. The molecule has 0 aromatic heterocycles. The Kier molecular flexibility index (Phi) is 6.30. The molecule has 98 valence electrons. The number of hydrogen-bond acceptors (Lipinski definition) is 2. The predicted molar refractivity (Wildman–Crippen MR) is 84.3 cm³/mol. The van der Waals surface area contributed by atoms with Gasteiger partial charge in [-0.25, -0.2) is 0 Å². The Bertz CT molecular complexity index is 540. The molecule has 2 rings (SSSR count). The quantitative estimate of drug-likeness (QED) is 0.610. The number of thioether (sulfide) groups is 1. The number of benzene rings is 2. The molecule has 0 spiro atoms. The first-order valence-electron chi connectivity index (χ1n) is 5.73. The third-order valence-corrected chi connectivity index (χ3v) is 6.72. The second kappa shape index (κ2) is 7.99. The van der Waals surface area contributed by atoms with Crippen molar-refractivity contribution in [2.75, 3.05) is 6.61 Å². The van der Waals surface area contributed by atoms with Crippen LogP contribution in [0, 0.1) is 0 Å². The van der Waals surface area contributed by atoms with Gasteiger partial charge in [-0.05, 0) is 0 Å². The van der Waals surface area contributed by atoms with E-state index in [1.54, 1.807) is 11.8 Å².